The Morgan fingerprint density at radius 3 is 2.73 bits per heavy atom. The Hall–Kier alpha value is -2.74. The average molecular weight is 370 g/mol. The summed E-state index contributed by atoms with van der Waals surface area (Å²) in [6, 6.07) is 5.38. The number of aryl methyl sites for hydroxylation is 1. The second-order valence-corrected chi connectivity index (χ2v) is 7.55. The van der Waals surface area contributed by atoms with Crippen molar-refractivity contribution in [3.05, 3.63) is 74.0 Å². The van der Waals surface area contributed by atoms with E-state index in [1.807, 2.05) is 26.0 Å². The molecule has 4 rings (SSSR count). The summed E-state index contributed by atoms with van der Waals surface area (Å²) in [7, 11) is 0. The van der Waals surface area contributed by atoms with Crippen molar-refractivity contribution in [1.82, 2.24) is 4.98 Å². The van der Waals surface area contributed by atoms with Gasteiger partial charge >= 0.3 is 5.03 Å². The van der Waals surface area contributed by atoms with Crippen LogP contribution in [0.25, 0.3) is 0 Å². The number of aromatic nitrogens is 1. The highest BCUT2D eigenvalue weighted by atomic mass is 32.2. The first-order valence-corrected chi connectivity index (χ1v) is 8.92. The quantitative estimate of drug-likeness (QED) is 0.603. The van der Waals surface area contributed by atoms with Crippen LogP contribution in [0, 0.1) is 23.0 Å². The third-order valence-electron chi connectivity index (χ3n) is 4.73. The fourth-order valence-electron chi connectivity index (χ4n) is 3.28. The lowest BCUT2D eigenvalue weighted by Gasteiger charge is -2.23. The monoisotopic (exact) mass is 370 g/mol. The van der Waals surface area contributed by atoms with Crippen molar-refractivity contribution in [2.45, 2.75) is 25.0 Å². The number of nitrogens with zero attached hydrogens (tertiary/aromatic N) is 2. The number of hydrogen-bond donors (Lipinski definition) is 0. The molecule has 26 heavy (non-hydrogen) atoms. The number of furan rings is 1. The molecular weight excluding hydrogens is 356 g/mol. The molecular formula is C18H14N2O5S. The Bertz CT molecular complexity index is 993. The molecule has 7 nitrogen and oxygen atoms in total. The fourth-order valence-corrected chi connectivity index (χ4v) is 4.43. The van der Waals surface area contributed by atoms with E-state index in [0.29, 0.717) is 0 Å². The van der Waals surface area contributed by atoms with E-state index in [9.17, 15) is 19.7 Å². The minimum atomic E-state index is -0.816. The van der Waals surface area contributed by atoms with Gasteiger partial charge in [0, 0.05) is 23.8 Å². The van der Waals surface area contributed by atoms with E-state index >= 15 is 0 Å². The number of fused-ring (bicyclic) bond motifs is 2. The summed E-state index contributed by atoms with van der Waals surface area (Å²) in [6.07, 6.45) is 2.83. The number of Topliss-reactive ketones (excluding diaryl/α,β-unsaturated/α-hetero) is 2. The van der Waals surface area contributed by atoms with Crippen LogP contribution >= 0.6 is 11.8 Å². The normalized spacial score (nSPS) is 22.6. The Balaban J connectivity index is 1.72. The highest BCUT2D eigenvalue weighted by Gasteiger charge is 2.48. The van der Waals surface area contributed by atoms with Crippen LogP contribution in [0.1, 0.15) is 50.8 Å². The largest absolute Gasteiger partial charge is 0.466 e. The topological polar surface area (TPSA) is 103 Å². The van der Waals surface area contributed by atoms with Gasteiger partial charge in [-0.15, -0.1) is 0 Å². The Morgan fingerprint density at radius 2 is 2.08 bits per heavy atom. The molecule has 0 N–H and O–H groups in total. The van der Waals surface area contributed by atoms with Crippen molar-refractivity contribution in [2.24, 2.45) is 5.92 Å². The number of carbonyl (C=O) groups excluding carboxylic acids is 2. The van der Waals surface area contributed by atoms with Crippen molar-refractivity contribution in [2.75, 3.05) is 0 Å². The van der Waals surface area contributed by atoms with Crippen LogP contribution in [0.4, 0.5) is 0 Å². The number of carbonyl (C=O) groups is 2. The van der Waals surface area contributed by atoms with Crippen molar-refractivity contribution in [1.29, 1.82) is 0 Å². The van der Waals surface area contributed by atoms with Gasteiger partial charge in [-0.2, -0.15) is 0 Å². The number of thioether (sulfide) groups is 1. The number of rotatable bonds is 3. The lowest BCUT2D eigenvalue weighted by molar-refractivity contribution is -0.410. The number of pyridine rings is 1. The number of allylic oxidation sites excluding steroid dienone is 1. The van der Waals surface area contributed by atoms with Crippen molar-refractivity contribution < 1.29 is 18.9 Å². The van der Waals surface area contributed by atoms with Crippen LogP contribution in [0.2, 0.25) is 0 Å². The first kappa shape index (κ1) is 16.7. The van der Waals surface area contributed by atoms with E-state index in [4.69, 9.17) is 4.42 Å². The molecule has 3 heterocycles. The summed E-state index contributed by atoms with van der Waals surface area (Å²) in [5, 5.41) is 10.1. The molecule has 0 radical (unpaired) electrons. The van der Waals surface area contributed by atoms with E-state index in [2.05, 4.69) is 4.98 Å². The van der Waals surface area contributed by atoms with Gasteiger partial charge in [0.25, 0.3) is 0 Å². The highest BCUT2D eigenvalue weighted by Crippen LogP contribution is 2.43. The van der Waals surface area contributed by atoms with E-state index in [-0.39, 0.29) is 33.8 Å². The Morgan fingerprint density at radius 1 is 1.31 bits per heavy atom. The van der Waals surface area contributed by atoms with Crippen LogP contribution in [-0.2, 0) is 0 Å². The van der Waals surface area contributed by atoms with Gasteiger partial charge < -0.3 is 4.42 Å². The fraction of sp³-hybridized carbons (Fsp3) is 0.278. The summed E-state index contributed by atoms with van der Waals surface area (Å²) < 4.78 is 5.63. The average Bonchev–Trinajstić information content (AvgIpc) is 3.25. The number of nitro groups is 1. The zero-order valence-corrected chi connectivity index (χ0v) is 14.8. The Kier molecular flexibility index (Phi) is 3.80. The molecule has 3 unspecified atom stereocenters. The van der Waals surface area contributed by atoms with E-state index in [1.54, 1.807) is 12.3 Å². The maximum absolute atomic E-state index is 12.8. The minimum absolute atomic E-state index is 0.0873. The van der Waals surface area contributed by atoms with Gasteiger partial charge in [-0.3, -0.25) is 24.7 Å². The predicted molar refractivity (Wildman–Crippen MR) is 93.8 cm³/mol. The second kappa shape index (κ2) is 5.91. The smallest absolute Gasteiger partial charge is 0.300 e. The van der Waals surface area contributed by atoms with Crippen LogP contribution in [0.3, 0.4) is 0 Å². The molecule has 8 heteroatoms. The standard InChI is InChI=1S/C18H14N2O5S/c1-8-3-4-13(25-8)9(2)10-5-11-15(19-7-10)16(21)12-6-14(20(23)24)26-18(12)17(11)22/h3-7,9,12,18H,1-2H3. The van der Waals surface area contributed by atoms with Gasteiger partial charge in [-0.1, -0.05) is 6.92 Å². The van der Waals surface area contributed by atoms with Gasteiger partial charge in [0.15, 0.2) is 11.6 Å². The molecule has 0 aromatic carbocycles. The molecule has 1 aliphatic carbocycles. The molecule has 0 bridgehead atoms. The highest BCUT2D eigenvalue weighted by molar-refractivity contribution is 8.04. The maximum atomic E-state index is 12.8. The molecule has 132 valence electrons. The van der Waals surface area contributed by atoms with Crippen molar-refractivity contribution in [3.63, 3.8) is 0 Å². The van der Waals surface area contributed by atoms with Crippen LogP contribution in [0.15, 0.2) is 39.9 Å². The van der Waals surface area contributed by atoms with Gasteiger partial charge in [0.2, 0.25) is 0 Å². The molecule has 0 saturated carbocycles. The lowest BCUT2D eigenvalue weighted by Crippen LogP contribution is -2.36. The molecule has 2 aromatic heterocycles. The van der Waals surface area contributed by atoms with Gasteiger partial charge in [-0.05, 0) is 42.4 Å². The molecule has 1 aliphatic heterocycles. The summed E-state index contributed by atoms with van der Waals surface area (Å²) in [4.78, 5) is 40.1. The predicted octanol–water partition coefficient (Wildman–Crippen LogP) is 3.36. The molecule has 2 aromatic rings. The third kappa shape index (κ3) is 2.48. The lowest BCUT2D eigenvalue weighted by atomic mass is 9.83. The molecule has 0 saturated heterocycles. The van der Waals surface area contributed by atoms with Crippen LogP contribution in [-0.4, -0.2) is 26.7 Å². The number of hydrogen-bond acceptors (Lipinski definition) is 7. The zero-order valence-electron chi connectivity index (χ0n) is 14.0. The zero-order chi connectivity index (χ0) is 18.6. The first-order valence-electron chi connectivity index (χ1n) is 8.04. The van der Waals surface area contributed by atoms with E-state index in [0.717, 1.165) is 28.8 Å². The molecule has 3 atom stereocenters. The first-order chi connectivity index (χ1) is 12.4. The van der Waals surface area contributed by atoms with Crippen molar-refractivity contribution >= 4 is 23.3 Å². The minimum Gasteiger partial charge on any atom is -0.466 e. The van der Waals surface area contributed by atoms with Crippen LogP contribution in [0.5, 0.6) is 0 Å². The molecule has 0 amide bonds. The van der Waals surface area contributed by atoms with E-state index in [1.165, 1.54) is 6.08 Å². The number of ketones is 2. The summed E-state index contributed by atoms with van der Waals surface area (Å²) >= 11 is 0.837. The SMILES string of the molecule is Cc1ccc(C(C)c2cnc3c(c2)C(=O)C2SC([N+](=O)[O-])=CC2C3=O)o1. The maximum Gasteiger partial charge on any atom is 0.300 e. The van der Waals surface area contributed by atoms with Gasteiger partial charge in [0.1, 0.15) is 17.2 Å². The molecule has 2 aliphatic rings. The van der Waals surface area contributed by atoms with Gasteiger partial charge in [0.05, 0.1) is 16.1 Å². The summed E-state index contributed by atoms with van der Waals surface area (Å²) in [6.45, 7) is 3.78. The second-order valence-electron chi connectivity index (χ2n) is 6.39. The summed E-state index contributed by atoms with van der Waals surface area (Å²) in [5.41, 5.74) is 1.07. The molecule has 0 fully saturated rings. The Labute approximate surface area is 152 Å². The van der Waals surface area contributed by atoms with Crippen molar-refractivity contribution in [3.8, 4) is 0 Å². The molecule has 0 spiro atoms. The van der Waals surface area contributed by atoms with Crippen LogP contribution < -0.4 is 0 Å². The van der Waals surface area contributed by atoms with E-state index < -0.39 is 16.1 Å². The third-order valence-corrected chi connectivity index (χ3v) is 6.02. The summed E-state index contributed by atoms with van der Waals surface area (Å²) in [5.74, 6) is -0.0616. The van der Waals surface area contributed by atoms with Gasteiger partial charge in [-0.25, -0.2) is 0 Å².